The summed E-state index contributed by atoms with van der Waals surface area (Å²) in [5.74, 6) is 0. The number of benzene rings is 1. The Kier molecular flexibility index (Phi) is 4.51. The summed E-state index contributed by atoms with van der Waals surface area (Å²) in [6.07, 6.45) is 4.62. The number of hydrogen-bond acceptors (Lipinski definition) is 4. The van der Waals surface area contributed by atoms with Crippen LogP contribution in [0.3, 0.4) is 0 Å². The summed E-state index contributed by atoms with van der Waals surface area (Å²) in [4.78, 5) is 4.11. The molecule has 0 unspecified atom stereocenters. The van der Waals surface area contributed by atoms with E-state index in [-0.39, 0.29) is 4.90 Å². The van der Waals surface area contributed by atoms with E-state index in [0.717, 1.165) is 16.7 Å². The van der Waals surface area contributed by atoms with Gasteiger partial charge in [0.25, 0.3) is 10.0 Å². The lowest BCUT2D eigenvalue weighted by atomic mass is 10.1. The van der Waals surface area contributed by atoms with E-state index in [1.54, 1.807) is 24.5 Å². The van der Waals surface area contributed by atoms with Crippen LogP contribution < -0.4 is 5.32 Å². The van der Waals surface area contributed by atoms with Gasteiger partial charge in [-0.25, -0.2) is 12.4 Å². The molecule has 0 fully saturated rings. The van der Waals surface area contributed by atoms with Crippen LogP contribution in [0.2, 0.25) is 0 Å². The average molecular weight is 341 g/mol. The summed E-state index contributed by atoms with van der Waals surface area (Å²) in [5, 5.41) is 3.09. The van der Waals surface area contributed by atoms with Crippen molar-refractivity contribution in [2.24, 2.45) is 0 Å². The second kappa shape index (κ2) is 6.59. The van der Waals surface area contributed by atoms with Gasteiger partial charge in [0.15, 0.2) is 0 Å². The van der Waals surface area contributed by atoms with Gasteiger partial charge in [0.05, 0.1) is 5.69 Å². The van der Waals surface area contributed by atoms with E-state index in [4.69, 9.17) is 0 Å². The standard InChI is InChI=1S/C18H19N3O2S/c1-14-16(11-19-2)13-21(18(14)15-7-4-3-5-8-15)24(22,23)17-9-6-10-20-12-17/h3-10,12-13,19H,11H2,1-2H3. The zero-order valence-corrected chi connectivity index (χ0v) is 14.4. The molecule has 1 N–H and O–H groups in total. The first-order valence-electron chi connectivity index (χ1n) is 7.62. The summed E-state index contributed by atoms with van der Waals surface area (Å²) in [6.45, 7) is 2.55. The van der Waals surface area contributed by atoms with E-state index in [0.29, 0.717) is 12.2 Å². The Bertz CT molecular complexity index is 933. The van der Waals surface area contributed by atoms with Crippen molar-refractivity contribution in [3.8, 4) is 11.3 Å². The van der Waals surface area contributed by atoms with Gasteiger partial charge in [-0.2, -0.15) is 0 Å². The van der Waals surface area contributed by atoms with E-state index in [2.05, 4.69) is 10.3 Å². The third kappa shape index (κ3) is 2.86. The largest absolute Gasteiger partial charge is 0.316 e. The Morgan fingerprint density at radius 2 is 1.88 bits per heavy atom. The first kappa shape index (κ1) is 16.4. The van der Waals surface area contributed by atoms with E-state index in [1.165, 1.54) is 10.2 Å². The SMILES string of the molecule is CNCc1cn(S(=O)(=O)c2cccnc2)c(-c2ccccc2)c1C. The lowest BCUT2D eigenvalue weighted by Crippen LogP contribution is -2.13. The predicted molar refractivity (Wildman–Crippen MR) is 94.2 cm³/mol. The van der Waals surface area contributed by atoms with Gasteiger partial charge >= 0.3 is 0 Å². The van der Waals surface area contributed by atoms with E-state index < -0.39 is 10.0 Å². The highest BCUT2D eigenvalue weighted by Crippen LogP contribution is 2.31. The smallest absolute Gasteiger partial charge is 0.269 e. The zero-order valence-electron chi connectivity index (χ0n) is 13.6. The maximum absolute atomic E-state index is 13.1. The predicted octanol–water partition coefficient (Wildman–Crippen LogP) is 2.81. The fourth-order valence-corrected chi connectivity index (χ4v) is 4.15. The van der Waals surface area contributed by atoms with Gasteiger partial charge in [-0.05, 0) is 42.8 Å². The van der Waals surface area contributed by atoms with Crippen LogP contribution in [0.1, 0.15) is 11.1 Å². The van der Waals surface area contributed by atoms with E-state index in [9.17, 15) is 8.42 Å². The van der Waals surface area contributed by atoms with Crippen molar-refractivity contribution in [3.05, 3.63) is 72.2 Å². The molecule has 0 aliphatic heterocycles. The number of aromatic nitrogens is 2. The number of pyridine rings is 1. The highest BCUT2D eigenvalue weighted by atomic mass is 32.2. The van der Waals surface area contributed by atoms with Crippen LogP contribution in [0, 0.1) is 6.92 Å². The molecule has 0 atom stereocenters. The molecule has 0 bridgehead atoms. The van der Waals surface area contributed by atoms with E-state index >= 15 is 0 Å². The summed E-state index contributed by atoms with van der Waals surface area (Å²) >= 11 is 0. The van der Waals surface area contributed by atoms with Crippen molar-refractivity contribution in [2.75, 3.05) is 7.05 Å². The number of nitrogens with zero attached hydrogens (tertiary/aromatic N) is 2. The maximum atomic E-state index is 13.1. The quantitative estimate of drug-likeness (QED) is 0.775. The molecule has 5 nitrogen and oxygen atoms in total. The van der Waals surface area contributed by atoms with Gasteiger partial charge in [0.1, 0.15) is 4.90 Å². The van der Waals surface area contributed by atoms with Crippen molar-refractivity contribution in [1.82, 2.24) is 14.3 Å². The van der Waals surface area contributed by atoms with Crippen LogP contribution in [0.25, 0.3) is 11.3 Å². The molecular formula is C18H19N3O2S. The second-order valence-electron chi connectivity index (χ2n) is 5.51. The number of hydrogen-bond donors (Lipinski definition) is 1. The first-order chi connectivity index (χ1) is 11.6. The highest BCUT2D eigenvalue weighted by Gasteiger charge is 2.24. The van der Waals surface area contributed by atoms with Crippen molar-refractivity contribution in [2.45, 2.75) is 18.4 Å². The van der Waals surface area contributed by atoms with Gasteiger partial charge in [0.2, 0.25) is 0 Å². The highest BCUT2D eigenvalue weighted by molar-refractivity contribution is 7.90. The Hall–Kier alpha value is -2.44. The fourth-order valence-electron chi connectivity index (χ4n) is 2.73. The van der Waals surface area contributed by atoms with Gasteiger partial charge in [-0.3, -0.25) is 4.98 Å². The van der Waals surface area contributed by atoms with Crippen molar-refractivity contribution < 1.29 is 8.42 Å². The zero-order chi connectivity index (χ0) is 17.2. The Balaban J connectivity index is 2.26. The molecule has 24 heavy (non-hydrogen) atoms. The molecular weight excluding hydrogens is 322 g/mol. The Morgan fingerprint density at radius 1 is 1.12 bits per heavy atom. The molecule has 0 saturated heterocycles. The first-order valence-corrected chi connectivity index (χ1v) is 9.06. The fraction of sp³-hybridized carbons (Fsp3) is 0.167. The normalized spacial score (nSPS) is 11.6. The molecule has 3 aromatic rings. The van der Waals surface area contributed by atoms with Crippen molar-refractivity contribution in [3.63, 3.8) is 0 Å². The summed E-state index contributed by atoms with van der Waals surface area (Å²) < 4.78 is 27.6. The maximum Gasteiger partial charge on any atom is 0.269 e. The minimum Gasteiger partial charge on any atom is -0.316 e. The number of nitrogens with one attached hydrogen (secondary N) is 1. The molecule has 2 heterocycles. The molecule has 1 aromatic carbocycles. The Labute approximate surface area is 142 Å². The van der Waals surface area contributed by atoms with Gasteiger partial charge in [0, 0.05) is 25.1 Å². The third-order valence-electron chi connectivity index (χ3n) is 3.94. The average Bonchev–Trinajstić information content (AvgIpc) is 2.94. The summed E-state index contributed by atoms with van der Waals surface area (Å²) in [5.41, 5.74) is 3.45. The second-order valence-corrected chi connectivity index (χ2v) is 7.33. The minimum absolute atomic E-state index is 0.174. The third-order valence-corrected chi connectivity index (χ3v) is 5.58. The van der Waals surface area contributed by atoms with Crippen LogP contribution in [0.5, 0.6) is 0 Å². The summed E-state index contributed by atoms with van der Waals surface area (Å²) in [7, 11) is -1.87. The van der Waals surface area contributed by atoms with Crippen LogP contribution in [0.4, 0.5) is 0 Å². The molecule has 2 aromatic heterocycles. The van der Waals surface area contributed by atoms with E-state index in [1.807, 2.05) is 44.3 Å². The van der Waals surface area contributed by atoms with Gasteiger partial charge < -0.3 is 5.32 Å². The van der Waals surface area contributed by atoms with Crippen LogP contribution in [0.15, 0.2) is 66.0 Å². The monoisotopic (exact) mass is 341 g/mol. The summed E-state index contributed by atoms with van der Waals surface area (Å²) in [6, 6.07) is 12.7. The molecule has 124 valence electrons. The minimum atomic E-state index is -3.71. The molecule has 0 amide bonds. The van der Waals surface area contributed by atoms with Gasteiger partial charge in [-0.15, -0.1) is 0 Å². The van der Waals surface area contributed by atoms with Crippen LogP contribution >= 0.6 is 0 Å². The lowest BCUT2D eigenvalue weighted by Gasteiger charge is -2.11. The molecule has 0 aliphatic rings. The van der Waals surface area contributed by atoms with Crippen LogP contribution in [-0.2, 0) is 16.6 Å². The molecule has 3 rings (SSSR count). The van der Waals surface area contributed by atoms with Gasteiger partial charge in [-0.1, -0.05) is 30.3 Å². The molecule has 0 radical (unpaired) electrons. The van der Waals surface area contributed by atoms with Crippen molar-refractivity contribution in [1.29, 1.82) is 0 Å². The van der Waals surface area contributed by atoms with Crippen LogP contribution in [-0.4, -0.2) is 24.4 Å². The lowest BCUT2D eigenvalue weighted by molar-refractivity contribution is 0.587. The molecule has 0 saturated carbocycles. The molecule has 0 spiro atoms. The topological polar surface area (TPSA) is 64.0 Å². The Morgan fingerprint density at radius 3 is 2.50 bits per heavy atom. The van der Waals surface area contributed by atoms with Crippen molar-refractivity contribution >= 4 is 10.0 Å². The number of rotatable bonds is 5. The molecule has 6 heteroatoms. The molecule has 0 aliphatic carbocycles.